The molecule has 1 rings (SSSR count). The average Bonchev–Trinajstić information content (AvgIpc) is 2.36. The van der Waals surface area contributed by atoms with E-state index in [1.165, 1.54) is 19.3 Å². The maximum absolute atomic E-state index is 11.6. The number of hydrogen-bond donors (Lipinski definition) is 2. The van der Waals surface area contributed by atoms with Crippen LogP contribution in [0.2, 0.25) is 0 Å². The number of hydrogen-bond acceptors (Lipinski definition) is 3. The number of nitrogens with two attached hydrogens (primary N) is 1. The zero-order valence-electron chi connectivity index (χ0n) is 11.2. The lowest BCUT2D eigenvalue weighted by Gasteiger charge is -2.37. The van der Waals surface area contributed by atoms with E-state index in [-0.39, 0.29) is 11.9 Å². The molecular weight excluding hydrogens is 214 g/mol. The first kappa shape index (κ1) is 14.5. The first-order valence-corrected chi connectivity index (χ1v) is 6.92. The van der Waals surface area contributed by atoms with Gasteiger partial charge in [-0.1, -0.05) is 13.3 Å². The van der Waals surface area contributed by atoms with Gasteiger partial charge in [0, 0.05) is 32.1 Å². The molecule has 0 aromatic rings. The Morgan fingerprint density at radius 1 is 1.53 bits per heavy atom. The fraction of sp³-hybridized carbons (Fsp3) is 0.923. The molecule has 1 aliphatic heterocycles. The molecule has 1 heterocycles. The molecule has 2 atom stereocenters. The van der Waals surface area contributed by atoms with E-state index in [0.29, 0.717) is 19.5 Å². The molecule has 0 aromatic heterocycles. The molecule has 2 unspecified atom stereocenters. The molecule has 0 radical (unpaired) electrons. The third-order valence-corrected chi connectivity index (χ3v) is 3.71. The number of rotatable bonds is 6. The molecule has 100 valence electrons. The number of nitrogens with zero attached hydrogens (tertiary/aromatic N) is 1. The van der Waals surface area contributed by atoms with Crippen molar-refractivity contribution in [2.45, 2.75) is 45.6 Å². The maximum atomic E-state index is 11.6. The maximum Gasteiger partial charge on any atom is 0.221 e. The Labute approximate surface area is 105 Å². The molecule has 1 aliphatic rings. The molecule has 1 fully saturated rings. The second kappa shape index (κ2) is 7.67. The van der Waals surface area contributed by atoms with Crippen LogP contribution in [0.4, 0.5) is 0 Å². The predicted molar refractivity (Wildman–Crippen MR) is 70.7 cm³/mol. The highest BCUT2D eigenvalue weighted by Crippen LogP contribution is 2.21. The topological polar surface area (TPSA) is 58.4 Å². The third-order valence-electron chi connectivity index (χ3n) is 3.71. The van der Waals surface area contributed by atoms with E-state index >= 15 is 0 Å². The highest BCUT2D eigenvalue weighted by molar-refractivity contribution is 5.76. The van der Waals surface area contributed by atoms with Crippen molar-refractivity contribution in [1.29, 1.82) is 0 Å². The summed E-state index contributed by atoms with van der Waals surface area (Å²) in [7, 11) is 0. The summed E-state index contributed by atoms with van der Waals surface area (Å²) in [6, 6.07) is 0.218. The molecule has 0 spiro atoms. The minimum Gasteiger partial charge on any atom is -0.356 e. The van der Waals surface area contributed by atoms with Gasteiger partial charge in [-0.2, -0.15) is 0 Å². The van der Waals surface area contributed by atoms with Crippen LogP contribution >= 0.6 is 0 Å². The molecule has 17 heavy (non-hydrogen) atoms. The van der Waals surface area contributed by atoms with E-state index in [0.717, 1.165) is 19.0 Å². The van der Waals surface area contributed by atoms with Crippen molar-refractivity contribution in [3.63, 3.8) is 0 Å². The Kier molecular flexibility index (Phi) is 6.52. The van der Waals surface area contributed by atoms with Gasteiger partial charge in [-0.15, -0.1) is 0 Å². The molecule has 4 heteroatoms. The van der Waals surface area contributed by atoms with E-state index in [4.69, 9.17) is 5.73 Å². The minimum absolute atomic E-state index is 0.126. The van der Waals surface area contributed by atoms with E-state index in [9.17, 15) is 4.79 Å². The summed E-state index contributed by atoms with van der Waals surface area (Å²) in [5, 5.41) is 2.85. The summed E-state index contributed by atoms with van der Waals surface area (Å²) in [6.45, 7) is 7.68. The second-order valence-electron chi connectivity index (χ2n) is 4.96. The van der Waals surface area contributed by atoms with Crippen LogP contribution < -0.4 is 11.1 Å². The molecule has 0 aliphatic carbocycles. The van der Waals surface area contributed by atoms with Gasteiger partial charge in [0.25, 0.3) is 0 Å². The Hall–Kier alpha value is -0.610. The van der Waals surface area contributed by atoms with Gasteiger partial charge in [0.15, 0.2) is 0 Å². The first-order chi connectivity index (χ1) is 8.21. The number of amides is 1. The number of carbonyl (C=O) groups excluding carboxylic acids is 1. The number of likely N-dealkylation sites (tertiary alicyclic amines) is 1. The number of carbonyl (C=O) groups is 1. The molecule has 4 nitrogen and oxygen atoms in total. The number of nitrogens with one attached hydrogen (secondary N) is 1. The molecule has 1 amide bonds. The highest BCUT2D eigenvalue weighted by atomic mass is 16.1. The third kappa shape index (κ3) is 4.64. The first-order valence-electron chi connectivity index (χ1n) is 6.92. The van der Waals surface area contributed by atoms with Gasteiger partial charge >= 0.3 is 0 Å². The van der Waals surface area contributed by atoms with E-state index in [1.54, 1.807) is 0 Å². The average molecular weight is 241 g/mol. The zero-order valence-corrected chi connectivity index (χ0v) is 11.2. The summed E-state index contributed by atoms with van der Waals surface area (Å²) in [5.74, 6) is 0.911. The lowest BCUT2D eigenvalue weighted by molar-refractivity contribution is -0.122. The molecule has 0 aromatic carbocycles. The lowest BCUT2D eigenvalue weighted by Crippen LogP contribution is -2.48. The van der Waals surface area contributed by atoms with Gasteiger partial charge in [-0.3, -0.25) is 9.69 Å². The van der Waals surface area contributed by atoms with Gasteiger partial charge in [-0.05, 0) is 32.2 Å². The molecule has 0 bridgehead atoms. The van der Waals surface area contributed by atoms with Gasteiger partial charge in [0.05, 0.1) is 0 Å². The summed E-state index contributed by atoms with van der Waals surface area (Å²) in [6.07, 6.45) is 4.34. The fourth-order valence-corrected chi connectivity index (χ4v) is 2.61. The van der Waals surface area contributed by atoms with Crippen molar-refractivity contribution < 1.29 is 4.79 Å². The minimum atomic E-state index is 0.126. The van der Waals surface area contributed by atoms with E-state index in [1.807, 2.05) is 6.92 Å². The smallest absolute Gasteiger partial charge is 0.221 e. The van der Waals surface area contributed by atoms with Gasteiger partial charge < -0.3 is 11.1 Å². The monoisotopic (exact) mass is 241 g/mol. The lowest BCUT2D eigenvalue weighted by atomic mass is 9.94. The Balaban J connectivity index is 2.45. The van der Waals surface area contributed by atoms with E-state index < -0.39 is 0 Å². The Morgan fingerprint density at radius 3 is 2.88 bits per heavy atom. The second-order valence-corrected chi connectivity index (χ2v) is 4.96. The molecular formula is C13H27N3O. The highest BCUT2D eigenvalue weighted by Gasteiger charge is 2.25. The largest absolute Gasteiger partial charge is 0.356 e. The van der Waals surface area contributed by atoms with Crippen molar-refractivity contribution in [3.05, 3.63) is 0 Å². The van der Waals surface area contributed by atoms with Gasteiger partial charge in [0.2, 0.25) is 5.91 Å². The van der Waals surface area contributed by atoms with Crippen LogP contribution in [0.3, 0.4) is 0 Å². The van der Waals surface area contributed by atoms with Crippen LogP contribution in [0, 0.1) is 5.92 Å². The Morgan fingerprint density at radius 2 is 2.29 bits per heavy atom. The summed E-state index contributed by atoms with van der Waals surface area (Å²) < 4.78 is 0. The zero-order chi connectivity index (χ0) is 12.7. The van der Waals surface area contributed by atoms with Crippen LogP contribution in [0.25, 0.3) is 0 Å². The SMILES string of the molecule is CCNC(=O)CC(CN)N1CCCC(CC)C1. The quantitative estimate of drug-likeness (QED) is 0.728. The van der Waals surface area contributed by atoms with Gasteiger partial charge in [-0.25, -0.2) is 0 Å². The van der Waals surface area contributed by atoms with Crippen molar-refractivity contribution in [3.8, 4) is 0 Å². The van der Waals surface area contributed by atoms with Crippen LogP contribution in [0.1, 0.15) is 39.5 Å². The Bertz CT molecular complexity index is 233. The predicted octanol–water partition coefficient (Wildman–Crippen LogP) is 0.962. The normalized spacial score (nSPS) is 23.4. The van der Waals surface area contributed by atoms with Crippen molar-refractivity contribution in [1.82, 2.24) is 10.2 Å². The standard InChI is InChI=1S/C13H27N3O/c1-3-11-6-5-7-16(10-11)12(9-14)8-13(17)15-4-2/h11-12H,3-10,14H2,1-2H3,(H,15,17). The fourth-order valence-electron chi connectivity index (χ4n) is 2.61. The number of piperidine rings is 1. The van der Waals surface area contributed by atoms with Crippen LogP contribution in [-0.2, 0) is 4.79 Å². The summed E-state index contributed by atoms with van der Waals surface area (Å²) in [4.78, 5) is 14.0. The van der Waals surface area contributed by atoms with Crippen molar-refractivity contribution >= 4 is 5.91 Å². The van der Waals surface area contributed by atoms with Crippen LogP contribution in [0.5, 0.6) is 0 Å². The van der Waals surface area contributed by atoms with Crippen LogP contribution in [-0.4, -0.2) is 43.0 Å². The molecule has 3 N–H and O–H groups in total. The van der Waals surface area contributed by atoms with Crippen LogP contribution in [0.15, 0.2) is 0 Å². The molecule has 1 saturated heterocycles. The summed E-state index contributed by atoms with van der Waals surface area (Å²) in [5.41, 5.74) is 5.81. The van der Waals surface area contributed by atoms with Crippen molar-refractivity contribution in [2.24, 2.45) is 11.7 Å². The van der Waals surface area contributed by atoms with Crippen molar-refractivity contribution in [2.75, 3.05) is 26.2 Å². The summed E-state index contributed by atoms with van der Waals surface area (Å²) >= 11 is 0. The molecule has 0 saturated carbocycles. The van der Waals surface area contributed by atoms with Gasteiger partial charge in [0.1, 0.15) is 0 Å². The van der Waals surface area contributed by atoms with E-state index in [2.05, 4.69) is 17.1 Å².